The molecule has 0 unspecified atom stereocenters. The Balaban J connectivity index is 1.64. The van der Waals surface area contributed by atoms with E-state index in [1.807, 2.05) is 24.3 Å². The lowest BCUT2D eigenvalue weighted by atomic mass is 10.0. The largest absolute Gasteiger partial charge is 0.379 e. The zero-order chi connectivity index (χ0) is 19.2. The SMILES string of the molecule is CCCCCC(=O)c1ccc(NCc2cnc3nc(N)[nH]c(=O)c3n2)cc1. The summed E-state index contributed by atoms with van der Waals surface area (Å²) in [6, 6.07) is 7.35. The first-order chi connectivity index (χ1) is 13.1. The summed E-state index contributed by atoms with van der Waals surface area (Å²) in [4.78, 5) is 38.8. The summed E-state index contributed by atoms with van der Waals surface area (Å²) in [7, 11) is 0. The number of hydrogen-bond donors (Lipinski definition) is 3. The molecule has 0 spiro atoms. The first-order valence-electron chi connectivity index (χ1n) is 8.95. The molecule has 3 aromatic rings. The van der Waals surface area contributed by atoms with Gasteiger partial charge in [0.1, 0.15) is 0 Å². The van der Waals surface area contributed by atoms with Crippen molar-refractivity contribution in [2.75, 3.05) is 11.1 Å². The summed E-state index contributed by atoms with van der Waals surface area (Å²) < 4.78 is 0. The highest BCUT2D eigenvalue weighted by atomic mass is 16.1. The van der Waals surface area contributed by atoms with Crippen molar-refractivity contribution in [1.82, 2.24) is 19.9 Å². The molecule has 0 saturated heterocycles. The van der Waals surface area contributed by atoms with Gasteiger partial charge in [0, 0.05) is 17.7 Å². The van der Waals surface area contributed by atoms with E-state index in [1.54, 1.807) is 6.20 Å². The molecule has 0 aliphatic heterocycles. The number of nitrogens with one attached hydrogen (secondary N) is 2. The molecular weight excluding hydrogens is 344 g/mol. The zero-order valence-corrected chi connectivity index (χ0v) is 15.2. The molecule has 0 aliphatic carbocycles. The van der Waals surface area contributed by atoms with Crippen LogP contribution in [0.1, 0.15) is 48.7 Å². The third-order valence-electron chi connectivity index (χ3n) is 4.17. The highest BCUT2D eigenvalue weighted by molar-refractivity contribution is 5.96. The van der Waals surface area contributed by atoms with E-state index < -0.39 is 5.56 Å². The molecule has 0 atom stereocenters. The molecule has 8 heteroatoms. The van der Waals surface area contributed by atoms with Crippen molar-refractivity contribution in [2.24, 2.45) is 0 Å². The molecule has 0 fully saturated rings. The lowest BCUT2D eigenvalue weighted by Gasteiger charge is -2.07. The van der Waals surface area contributed by atoms with Crippen LogP contribution in [0.5, 0.6) is 0 Å². The van der Waals surface area contributed by atoms with Crippen molar-refractivity contribution < 1.29 is 4.79 Å². The number of aromatic amines is 1. The van der Waals surface area contributed by atoms with Gasteiger partial charge in [0.2, 0.25) is 5.95 Å². The van der Waals surface area contributed by atoms with Crippen LogP contribution in [0.3, 0.4) is 0 Å². The number of rotatable bonds is 8. The lowest BCUT2D eigenvalue weighted by Crippen LogP contribution is -2.15. The maximum atomic E-state index is 12.1. The first kappa shape index (κ1) is 18.5. The van der Waals surface area contributed by atoms with E-state index in [4.69, 9.17) is 5.73 Å². The summed E-state index contributed by atoms with van der Waals surface area (Å²) in [5.74, 6) is 0.179. The number of hydrogen-bond acceptors (Lipinski definition) is 7. The molecule has 3 rings (SSSR count). The molecule has 0 saturated carbocycles. The van der Waals surface area contributed by atoms with Gasteiger partial charge in [-0.25, -0.2) is 9.97 Å². The summed E-state index contributed by atoms with van der Waals surface area (Å²) in [5.41, 5.74) is 7.61. The Bertz CT molecular complexity index is 997. The number of unbranched alkanes of at least 4 members (excludes halogenated alkanes) is 2. The minimum absolute atomic E-state index is 0.0111. The first-order valence-corrected chi connectivity index (χ1v) is 8.95. The molecule has 0 amide bonds. The van der Waals surface area contributed by atoms with Crippen molar-refractivity contribution in [1.29, 1.82) is 0 Å². The summed E-state index contributed by atoms with van der Waals surface area (Å²) in [5, 5.41) is 3.20. The molecule has 2 heterocycles. The fraction of sp³-hybridized carbons (Fsp3) is 0.316. The average Bonchev–Trinajstić information content (AvgIpc) is 2.67. The molecule has 27 heavy (non-hydrogen) atoms. The number of fused-ring (bicyclic) bond motifs is 1. The Morgan fingerprint density at radius 2 is 1.96 bits per heavy atom. The van der Waals surface area contributed by atoms with Crippen molar-refractivity contribution in [3.05, 3.63) is 52.1 Å². The number of carbonyl (C=O) groups is 1. The summed E-state index contributed by atoms with van der Waals surface area (Å²) >= 11 is 0. The molecule has 0 radical (unpaired) electrons. The van der Waals surface area contributed by atoms with Gasteiger partial charge in [0.15, 0.2) is 16.9 Å². The Morgan fingerprint density at radius 3 is 2.70 bits per heavy atom. The van der Waals surface area contributed by atoms with Crippen LogP contribution in [-0.2, 0) is 6.54 Å². The van der Waals surface area contributed by atoms with E-state index in [9.17, 15) is 9.59 Å². The van der Waals surface area contributed by atoms with Gasteiger partial charge in [0.25, 0.3) is 5.56 Å². The number of ketones is 1. The smallest absolute Gasteiger partial charge is 0.280 e. The highest BCUT2D eigenvalue weighted by Crippen LogP contribution is 2.14. The second kappa shape index (κ2) is 8.39. The molecule has 0 aliphatic rings. The fourth-order valence-electron chi connectivity index (χ4n) is 2.70. The van der Waals surface area contributed by atoms with Crippen LogP contribution < -0.4 is 16.6 Å². The third kappa shape index (κ3) is 4.66. The number of benzene rings is 1. The topological polar surface area (TPSA) is 127 Å². The van der Waals surface area contributed by atoms with Crippen LogP contribution in [0.15, 0.2) is 35.3 Å². The maximum Gasteiger partial charge on any atom is 0.280 e. The minimum atomic E-state index is -0.419. The highest BCUT2D eigenvalue weighted by Gasteiger charge is 2.08. The standard InChI is InChI=1S/C19H22N6O2/c1-2-3-4-5-15(26)12-6-8-13(9-7-12)21-10-14-11-22-17-16(23-14)18(27)25-19(20)24-17/h6-9,11,21H,2-5,10H2,1H3,(H3,20,22,24,25,27). The van der Waals surface area contributed by atoms with Gasteiger partial charge in [-0.2, -0.15) is 4.98 Å². The van der Waals surface area contributed by atoms with E-state index in [0.717, 1.165) is 30.5 Å². The molecule has 2 aromatic heterocycles. The van der Waals surface area contributed by atoms with Gasteiger partial charge in [-0.1, -0.05) is 19.8 Å². The van der Waals surface area contributed by atoms with E-state index in [0.29, 0.717) is 18.7 Å². The molecule has 0 bridgehead atoms. The average molecular weight is 366 g/mol. The number of aromatic nitrogens is 4. The Hall–Kier alpha value is -3.29. The zero-order valence-electron chi connectivity index (χ0n) is 15.2. The molecule has 8 nitrogen and oxygen atoms in total. The number of carbonyl (C=O) groups excluding carboxylic acids is 1. The Kier molecular flexibility index (Phi) is 5.75. The van der Waals surface area contributed by atoms with Crippen LogP contribution >= 0.6 is 0 Å². The second-order valence-corrected chi connectivity index (χ2v) is 6.30. The quantitative estimate of drug-likeness (QED) is 0.413. The maximum absolute atomic E-state index is 12.1. The number of H-pyrrole nitrogens is 1. The third-order valence-corrected chi connectivity index (χ3v) is 4.17. The van der Waals surface area contributed by atoms with Crippen molar-refractivity contribution >= 4 is 28.6 Å². The van der Waals surface area contributed by atoms with Crippen molar-refractivity contribution in [3.63, 3.8) is 0 Å². The van der Waals surface area contributed by atoms with Gasteiger partial charge in [-0.15, -0.1) is 0 Å². The Labute approximate surface area is 156 Å². The summed E-state index contributed by atoms with van der Waals surface area (Å²) in [6.45, 7) is 2.50. The second-order valence-electron chi connectivity index (χ2n) is 6.30. The van der Waals surface area contributed by atoms with Gasteiger partial charge >= 0.3 is 0 Å². The van der Waals surface area contributed by atoms with Crippen LogP contribution in [0.2, 0.25) is 0 Å². The lowest BCUT2D eigenvalue weighted by molar-refractivity contribution is 0.0979. The monoisotopic (exact) mass is 366 g/mol. The predicted octanol–water partition coefficient (Wildman–Crippen LogP) is 2.67. The van der Waals surface area contributed by atoms with E-state index >= 15 is 0 Å². The molecular formula is C19H22N6O2. The Morgan fingerprint density at radius 1 is 1.19 bits per heavy atom. The number of anilines is 2. The predicted molar refractivity (Wildman–Crippen MR) is 105 cm³/mol. The van der Waals surface area contributed by atoms with Crippen LogP contribution in [0.25, 0.3) is 11.2 Å². The van der Waals surface area contributed by atoms with Crippen LogP contribution in [0, 0.1) is 0 Å². The van der Waals surface area contributed by atoms with Crippen LogP contribution in [-0.4, -0.2) is 25.7 Å². The van der Waals surface area contributed by atoms with E-state index in [1.165, 1.54) is 0 Å². The van der Waals surface area contributed by atoms with E-state index in [2.05, 4.69) is 32.2 Å². The van der Waals surface area contributed by atoms with Gasteiger partial charge in [0.05, 0.1) is 18.4 Å². The molecule has 140 valence electrons. The number of nitrogens with two attached hydrogens (primary N) is 1. The normalized spacial score (nSPS) is 10.9. The van der Waals surface area contributed by atoms with E-state index in [-0.39, 0.29) is 22.9 Å². The number of nitrogens with zero attached hydrogens (tertiary/aromatic N) is 3. The number of Topliss-reactive ketones (excluding diaryl/α,β-unsaturated/α-hetero) is 1. The van der Waals surface area contributed by atoms with Crippen molar-refractivity contribution in [3.8, 4) is 0 Å². The van der Waals surface area contributed by atoms with Gasteiger partial charge in [-0.05, 0) is 30.7 Å². The van der Waals surface area contributed by atoms with Crippen LogP contribution in [0.4, 0.5) is 11.6 Å². The number of nitrogen functional groups attached to an aromatic ring is 1. The fourth-order valence-corrected chi connectivity index (χ4v) is 2.70. The summed E-state index contributed by atoms with van der Waals surface area (Å²) in [6.07, 6.45) is 5.23. The van der Waals surface area contributed by atoms with Gasteiger partial charge in [-0.3, -0.25) is 14.6 Å². The van der Waals surface area contributed by atoms with Crippen molar-refractivity contribution in [2.45, 2.75) is 39.2 Å². The molecule has 4 N–H and O–H groups in total. The van der Waals surface area contributed by atoms with Gasteiger partial charge < -0.3 is 11.1 Å². The molecule has 1 aromatic carbocycles. The minimum Gasteiger partial charge on any atom is -0.379 e.